The number of nitrogen functional groups attached to an aromatic ring is 1. The van der Waals surface area contributed by atoms with Crippen LogP contribution in [-0.4, -0.2) is 52.7 Å². The molecule has 0 saturated heterocycles. The van der Waals surface area contributed by atoms with Crippen LogP contribution < -0.4 is 5.73 Å². The Kier molecular flexibility index (Phi) is 4.73. The zero-order valence-corrected chi connectivity index (χ0v) is 16.9. The third-order valence-corrected chi connectivity index (χ3v) is 5.46. The summed E-state index contributed by atoms with van der Waals surface area (Å²) in [5.74, 6) is -0.348. The van der Waals surface area contributed by atoms with Gasteiger partial charge in [0.1, 0.15) is 0 Å². The molecule has 1 unspecified atom stereocenters. The maximum Gasteiger partial charge on any atom is 0.256 e. The number of carbonyl (C=O) groups excluding carboxylic acids is 1. The Balaban J connectivity index is 1.72. The Hall–Kier alpha value is -3.37. The SMILES string of the molecule is CN(C)CC(C#N)CN1Cc2c(-c3ccc4cnn(C)c4c3)ccc(N)c2C1=O. The average molecular weight is 388 g/mol. The van der Waals surface area contributed by atoms with E-state index in [0.717, 1.165) is 27.6 Å². The second kappa shape index (κ2) is 7.22. The number of benzene rings is 2. The van der Waals surface area contributed by atoms with Gasteiger partial charge in [0.05, 0.1) is 29.3 Å². The molecule has 0 aliphatic carbocycles. The predicted octanol–water partition coefficient (Wildman–Crippen LogP) is 2.48. The molecule has 2 aromatic carbocycles. The molecule has 1 atom stereocenters. The zero-order valence-electron chi connectivity index (χ0n) is 16.9. The Bertz CT molecular complexity index is 1140. The van der Waals surface area contributed by atoms with Crippen LogP contribution in [0.1, 0.15) is 15.9 Å². The number of hydrogen-bond donors (Lipinski definition) is 1. The maximum absolute atomic E-state index is 13.1. The first-order valence-electron chi connectivity index (χ1n) is 9.56. The lowest BCUT2D eigenvalue weighted by Gasteiger charge is -2.21. The minimum atomic E-state index is -0.251. The highest BCUT2D eigenvalue weighted by atomic mass is 16.2. The van der Waals surface area contributed by atoms with E-state index in [1.807, 2.05) is 55.1 Å². The standard InChI is InChI=1S/C22H24N6O/c1-26(2)11-14(9-23)12-28-13-18-17(6-7-19(24)21(18)22(28)29)15-4-5-16-10-25-27(3)20(16)8-15/h4-8,10,14H,11-13,24H2,1-3H3. The van der Waals surface area contributed by atoms with Gasteiger partial charge in [0.15, 0.2) is 0 Å². The fourth-order valence-electron chi connectivity index (χ4n) is 4.08. The highest BCUT2D eigenvalue weighted by molar-refractivity contribution is 6.05. The average Bonchev–Trinajstić information content (AvgIpc) is 3.22. The van der Waals surface area contributed by atoms with E-state index in [4.69, 9.17) is 5.73 Å². The first-order valence-corrected chi connectivity index (χ1v) is 9.56. The molecule has 7 heteroatoms. The molecule has 4 rings (SSSR count). The quantitative estimate of drug-likeness (QED) is 0.678. The summed E-state index contributed by atoms with van der Waals surface area (Å²) in [6.07, 6.45) is 1.84. The first kappa shape index (κ1) is 19.0. The Morgan fingerprint density at radius 1 is 1.31 bits per heavy atom. The van der Waals surface area contributed by atoms with Gasteiger partial charge >= 0.3 is 0 Å². The van der Waals surface area contributed by atoms with Gasteiger partial charge in [0.25, 0.3) is 5.91 Å². The summed E-state index contributed by atoms with van der Waals surface area (Å²) in [4.78, 5) is 16.8. The molecule has 1 aliphatic heterocycles. The van der Waals surface area contributed by atoms with Crippen LogP contribution in [0.25, 0.3) is 22.0 Å². The largest absolute Gasteiger partial charge is 0.398 e. The molecule has 7 nitrogen and oxygen atoms in total. The molecule has 148 valence electrons. The Labute approximate surface area is 169 Å². The fraction of sp³-hybridized carbons (Fsp3) is 0.318. The van der Waals surface area contributed by atoms with E-state index in [9.17, 15) is 10.1 Å². The normalized spacial score (nSPS) is 14.4. The predicted molar refractivity (Wildman–Crippen MR) is 113 cm³/mol. The number of fused-ring (bicyclic) bond motifs is 2. The van der Waals surface area contributed by atoms with Crippen molar-refractivity contribution in [3.63, 3.8) is 0 Å². The summed E-state index contributed by atoms with van der Waals surface area (Å²) in [6, 6.07) is 12.3. The molecule has 1 aromatic heterocycles. The Morgan fingerprint density at radius 3 is 2.83 bits per heavy atom. The Morgan fingerprint density at radius 2 is 2.10 bits per heavy atom. The first-order chi connectivity index (χ1) is 13.9. The number of nitrogens with zero attached hydrogens (tertiary/aromatic N) is 5. The molecule has 0 spiro atoms. The van der Waals surface area contributed by atoms with Gasteiger partial charge in [-0.15, -0.1) is 0 Å². The van der Waals surface area contributed by atoms with Gasteiger partial charge in [-0.25, -0.2) is 0 Å². The molecular formula is C22H24N6O. The van der Waals surface area contributed by atoms with Crippen molar-refractivity contribution in [2.45, 2.75) is 6.54 Å². The summed E-state index contributed by atoms with van der Waals surface area (Å²) >= 11 is 0. The number of aryl methyl sites for hydroxylation is 1. The van der Waals surface area contributed by atoms with Gasteiger partial charge < -0.3 is 15.5 Å². The topological polar surface area (TPSA) is 91.2 Å². The molecule has 0 radical (unpaired) electrons. The van der Waals surface area contributed by atoms with E-state index in [1.165, 1.54) is 0 Å². The number of hydrogen-bond acceptors (Lipinski definition) is 5. The van der Waals surface area contributed by atoms with Crippen LogP contribution in [0.4, 0.5) is 5.69 Å². The van der Waals surface area contributed by atoms with Gasteiger partial charge in [0, 0.05) is 37.8 Å². The van der Waals surface area contributed by atoms with Crippen molar-refractivity contribution in [3.8, 4) is 17.2 Å². The lowest BCUT2D eigenvalue weighted by Crippen LogP contribution is -2.34. The summed E-state index contributed by atoms with van der Waals surface area (Å²) in [5, 5.41) is 14.9. The number of nitrogens with two attached hydrogens (primary N) is 1. The highest BCUT2D eigenvalue weighted by Crippen LogP contribution is 2.37. The minimum absolute atomic E-state index is 0.0973. The van der Waals surface area contributed by atoms with E-state index < -0.39 is 0 Å². The minimum Gasteiger partial charge on any atom is -0.398 e. The third kappa shape index (κ3) is 3.32. The van der Waals surface area contributed by atoms with Gasteiger partial charge in [0.2, 0.25) is 0 Å². The molecule has 1 amide bonds. The molecular weight excluding hydrogens is 364 g/mol. The molecule has 0 fully saturated rings. The van der Waals surface area contributed by atoms with Crippen LogP contribution in [0.15, 0.2) is 36.5 Å². The summed E-state index contributed by atoms with van der Waals surface area (Å²) in [7, 11) is 5.77. The van der Waals surface area contributed by atoms with Crippen molar-refractivity contribution in [1.29, 1.82) is 5.26 Å². The van der Waals surface area contributed by atoms with Crippen molar-refractivity contribution in [1.82, 2.24) is 19.6 Å². The monoisotopic (exact) mass is 388 g/mol. The summed E-state index contributed by atoms with van der Waals surface area (Å²) < 4.78 is 1.84. The number of aromatic nitrogens is 2. The fourth-order valence-corrected chi connectivity index (χ4v) is 4.08. The third-order valence-electron chi connectivity index (χ3n) is 5.46. The number of carbonyl (C=O) groups is 1. The number of amides is 1. The lowest BCUT2D eigenvalue weighted by molar-refractivity contribution is 0.0758. The highest BCUT2D eigenvalue weighted by Gasteiger charge is 2.33. The van der Waals surface area contributed by atoms with Crippen LogP contribution in [-0.2, 0) is 13.6 Å². The van der Waals surface area contributed by atoms with Crippen molar-refractivity contribution >= 4 is 22.5 Å². The molecule has 3 aromatic rings. The van der Waals surface area contributed by atoms with E-state index >= 15 is 0 Å². The van der Waals surface area contributed by atoms with E-state index in [1.54, 1.807) is 11.0 Å². The van der Waals surface area contributed by atoms with Gasteiger partial charge in [-0.1, -0.05) is 18.2 Å². The van der Waals surface area contributed by atoms with E-state index in [2.05, 4.69) is 17.2 Å². The van der Waals surface area contributed by atoms with Crippen molar-refractivity contribution in [2.24, 2.45) is 13.0 Å². The molecule has 0 saturated carbocycles. The van der Waals surface area contributed by atoms with Crippen molar-refractivity contribution < 1.29 is 4.79 Å². The van der Waals surface area contributed by atoms with Gasteiger partial charge in [-0.2, -0.15) is 10.4 Å². The lowest BCUT2D eigenvalue weighted by atomic mass is 9.95. The van der Waals surface area contributed by atoms with Crippen LogP contribution in [0.2, 0.25) is 0 Å². The second-order valence-electron chi connectivity index (χ2n) is 7.87. The summed E-state index contributed by atoms with van der Waals surface area (Å²) in [6.45, 7) is 1.46. The van der Waals surface area contributed by atoms with Gasteiger partial charge in [-0.3, -0.25) is 9.48 Å². The van der Waals surface area contributed by atoms with E-state index in [0.29, 0.717) is 30.9 Å². The van der Waals surface area contributed by atoms with Crippen molar-refractivity contribution in [2.75, 3.05) is 32.9 Å². The second-order valence-corrected chi connectivity index (χ2v) is 7.87. The van der Waals surface area contributed by atoms with Crippen LogP contribution >= 0.6 is 0 Å². The van der Waals surface area contributed by atoms with Crippen LogP contribution in [0.3, 0.4) is 0 Å². The number of nitriles is 1. The number of rotatable bonds is 5. The molecule has 2 N–H and O–H groups in total. The zero-order chi connectivity index (χ0) is 20.7. The van der Waals surface area contributed by atoms with E-state index in [-0.39, 0.29) is 11.8 Å². The number of anilines is 1. The molecule has 29 heavy (non-hydrogen) atoms. The smallest absolute Gasteiger partial charge is 0.256 e. The van der Waals surface area contributed by atoms with Crippen LogP contribution in [0, 0.1) is 17.2 Å². The van der Waals surface area contributed by atoms with Crippen LogP contribution in [0.5, 0.6) is 0 Å². The molecule has 1 aliphatic rings. The van der Waals surface area contributed by atoms with Crippen molar-refractivity contribution in [3.05, 3.63) is 47.7 Å². The van der Waals surface area contributed by atoms with Gasteiger partial charge in [-0.05, 0) is 42.9 Å². The maximum atomic E-state index is 13.1. The molecule has 0 bridgehead atoms. The summed E-state index contributed by atoms with van der Waals surface area (Å²) in [5.41, 5.74) is 11.2. The molecule has 2 heterocycles.